The molecule has 2 aromatic rings. The number of rotatable bonds is 2. The zero-order valence-electron chi connectivity index (χ0n) is 8.75. The van der Waals surface area contributed by atoms with Gasteiger partial charge in [-0.05, 0) is 0 Å². The molecular weight excluding hydrogens is 394 g/mol. The molecule has 2 N–H and O–H groups in total. The molecule has 3 nitrogen and oxygen atoms in total. The fourth-order valence-corrected chi connectivity index (χ4v) is 2.98. The Morgan fingerprint density at radius 1 is 0.824 bits per heavy atom. The number of hydrogen-bond donors (Lipinski definition) is 2. The Morgan fingerprint density at radius 2 is 1.24 bits per heavy atom. The fourth-order valence-electron chi connectivity index (χ4n) is 1.49. The van der Waals surface area contributed by atoms with Gasteiger partial charge in [0.1, 0.15) is 0 Å². The zero-order chi connectivity index (χ0) is 12.5. The Bertz CT molecular complexity index is 557. The average molecular weight is 404 g/mol. The maximum atomic E-state index is 11.1. The van der Waals surface area contributed by atoms with Gasteiger partial charge in [-0.2, -0.15) is 0 Å². The van der Waals surface area contributed by atoms with Gasteiger partial charge in [-0.15, -0.1) is 0 Å². The van der Waals surface area contributed by atoms with Crippen LogP contribution in [0, 0.1) is 3.57 Å². The minimum absolute atomic E-state index is 0.109. The summed E-state index contributed by atoms with van der Waals surface area (Å²) in [5.74, 6) is 0. The molecule has 2 aromatic carbocycles. The second-order valence-corrected chi connectivity index (χ2v) is 8.21. The van der Waals surface area contributed by atoms with Crippen LogP contribution in [0.4, 0.5) is 0 Å². The van der Waals surface area contributed by atoms with E-state index in [0.717, 1.165) is 14.7 Å². The van der Waals surface area contributed by atoms with E-state index in [1.54, 1.807) is 12.1 Å². The van der Waals surface area contributed by atoms with Crippen molar-refractivity contribution in [3.8, 4) is 11.1 Å². The van der Waals surface area contributed by atoms with Gasteiger partial charge in [0.2, 0.25) is 0 Å². The third-order valence-corrected chi connectivity index (χ3v) is 5.14. The molecule has 5 heteroatoms. The van der Waals surface area contributed by atoms with Crippen LogP contribution in [0.15, 0.2) is 48.5 Å². The molecule has 0 aliphatic rings. The van der Waals surface area contributed by atoms with Crippen molar-refractivity contribution in [2.75, 3.05) is 0 Å². The van der Waals surface area contributed by atoms with Crippen molar-refractivity contribution in [2.24, 2.45) is 0 Å². The number of halogens is 1. The Morgan fingerprint density at radius 3 is 1.65 bits per heavy atom. The quantitative estimate of drug-likeness (QED) is 0.590. The van der Waals surface area contributed by atoms with Crippen LogP contribution in [0.25, 0.3) is 11.1 Å². The predicted molar refractivity (Wildman–Crippen MR) is 75.1 cm³/mol. The summed E-state index contributed by atoms with van der Waals surface area (Å²) < 4.78 is 30.5. The van der Waals surface area contributed by atoms with Gasteiger partial charge in [0.05, 0.1) is 0 Å². The van der Waals surface area contributed by atoms with E-state index in [1.807, 2.05) is 24.3 Å². The van der Waals surface area contributed by atoms with Crippen LogP contribution in [0.3, 0.4) is 0 Å². The molecule has 0 saturated heterocycles. The van der Waals surface area contributed by atoms with Crippen LogP contribution in [0.5, 0.6) is 0 Å². The van der Waals surface area contributed by atoms with Crippen molar-refractivity contribution < 1.29 is 11.9 Å². The van der Waals surface area contributed by atoms with Crippen LogP contribution in [0.2, 0.25) is 0 Å². The minimum atomic E-state index is -4.75. The van der Waals surface area contributed by atoms with Gasteiger partial charge in [0.15, 0.2) is 0 Å². The molecule has 0 aliphatic heterocycles. The number of benzene rings is 2. The van der Waals surface area contributed by atoms with Crippen molar-refractivity contribution in [1.29, 1.82) is 0 Å². The summed E-state index contributed by atoms with van der Waals surface area (Å²) >= 11 is -2.52. The molecule has 2 rings (SSSR count). The van der Waals surface area contributed by atoms with Gasteiger partial charge in [0.25, 0.3) is 0 Å². The SMILES string of the molecule is O=[As](O)(O)c1ccc(-c2ccc(I)cc2)cc1. The molecule has 0 heterocycles. The Hall–Kier alpha value is -0.552. The molecule has 17 heavy (non-hydrogen) atoms. The molecule has 0 aliphatic carbocycles. The summed E-state index contributed by atoms with van der Waals surface area (Å²) in [6.07, 6.45) is 0. The van der Waals surface area contributed by atoms with Crippen molar-refractivity contribution >= 4 is 41.1 Å². The third kappa shape index (κ3) is 3.22. The van der Waals surface area contributed by atoms with E-state index in [4.69, 9.17) is 8.19 Å². The van der Waals surface area contributed by atoms with E-state index in [9.17, 15) is 3.74 Å². The first-order valence-electron chi connectivity index (χ1n) is 4.89. The maximum absolute atomic E-state index is 11.1. The Labute approximate surface area is 116 Å². The van der Waals surface area contributed by atoms with Gasteiger partial charge in [0, 0.05) is 0 Å². The summed E-state index contributed by atoms with van der Waals surface area (Å²) in [7, 11) is 0. The van der Waals surface area contributed by atoms with Crippen LogP contribution >= 0.6 is 22.6 Å². The van der Waals surface area contributed by atoms with Gasteiger partial charge in [-0.1, -0.05) is 0 Å². The summed E-state index contributed by atoms with van der Waals surface area (Å²) in [5, 5.41) is 0. The van der Waals surface area contributed by atoms with Crippen molar-refractivity contribution in [3.63, 3.8) is 0 Å². The molecule has 0 amide bonds. The molecule has 0 atom stereocenters. The van der Waals surface area contributed by atoms with E-state index < -0.39 is 14.2 Å². The molecular formula is C12H10AsIO3. The second-order valence-electron chi connectivity index (χ2n) is 3.60. The zero-order valence-corrected chi connectivity index (χ0v) is 12.8. The van der Waals surface area contributed by atoms with E-state index in [-0.39, 0.29) is 4.35 Å². The first-order valence-corrected chi connectivity index (χ1v) is 9.35. The summed E-state index contributed by atoms with van der Waals surface area (Å²) in [6.45, 7) is 0. The monoisotopic (exact) mass is 404 g/mol. The van der Waals surface area contributed by atoms with Gasteiger partial charge < -0.3 is 0 Å². The first kappa shape index (κ1) is 12.9. The average Bonchev–Trinajstić information content (AvgIpc) is 2.29. The van der Waals surface area contributed by atoms with Crippen LogP contribution in [-0.2, 0) is 3.74 Å². The summed E-state index contributed by atoms with van der Waals surface area (Å²) in [6, 6.07) is 14.4. The standard InChI is InChI=1S/C12H10AsIO3/c14-12-7-3-10(4-8-12)9-1-5-11(6-2-9)13(15,16)17/h1-8H,(H2,15,16,17). The van der Waals surface area contributed by atoms with Crippen molar-refractivity contribution in [2.45, 2.75) is 0 Å². The van der Waals surface area contributed by atoms with Gasteiger partial charge in [-0.3, -0.25) is 0 Å². The van der Waals surface area contributed by atoms with Gasteiger partial charge in [-0.25, -0.2) is 0 Å². The first-order chi connectivity index (χ1) is 7.97. The normalized spacial score (nSPS) is 11.5. The predicted octanol–water partition coefficient (Wildman–Crippen LogP) is 1.52. The van der Waals surface area contributed by atoms with E-state index >= 15 is 0 Å². The third-order valence-electron chi connectivity index (χ3n) is 2.38. The topological polar surface area (TPSA) is 57.5 Å². The Balaban J connectivity index is 2.36. The Kier molecular flexibility index (Phi) is 3.78. The van der Waals surface area contributed by atoms with E-state index in [0.29, 0.717) is 0 Å². The van der Waals surface area contributed by atoms with Crippen LogP contribution < -0.4 is 4.35 Å². The summed E-state index contributed by atoms with van der Waals surface area (Å²) in [5.41, 5.74) is 1.99. The molecule has 0 fully saturated rings. The molecule has 0 bridgehead atoms. The molecule has 0 unspecified atom stereocenters. The molecule has 0 spiro atoms. The van der Waals surface area contributed by atoms with Crippen molar-refractivity contribution in [1.82, 2.24) is 0 Å². The van der Waals surface area contributed by atoms with Crippen LogP contribution in [0.1, 0.15) is 0 Å². The van der Waals surface area contributed by atoms with E-state index in [2.05, 4.69) is 22.6 Å². The van der Waals surface area contributed by atoms with Gasteiger partial charge >= 0.3 is 116 Å². The second kappa shape index (κ2) is 4.98. The van der Waals surface area contributed by atoms with E-state index in [1.165, 1.54) is 12.1 Å². The van der Waals surface area contributed by atoms with Crippen molar-refractivity contribution in [3.05, 3.63) is 52.1 Å². The summed E-state index contributed by atoms with van der Waals surface area (Å²) in [4.78, 5) is 0. The number of hydrogen-bond acceptors (Lipinski definition) is 1. The molecule has 88 valence electrons. The molecule has 0 saturated carbocycles. The molecule has 0 radical (unpaired) electrons. The molecule has 0 aromatic heterocycles. The fraction of sp³-hybridized carbons (Fsp3) is 0. The van der Waals surface area contributed by atoms with Crippen LogP contribution in [-0.4, -0.2) is 22.4 Å².